The van der Waals surface area contributed by atoms with Gasteiger partial charge >= 0.3 is 0 Å². The second-order valence-corrected chi connectivity index (χ2v) is 4.73. The number of hydrogen-bond acceptors (Lipinski definition) is 2. The van der Waals surface area contributed by atoms with E-state index in [1.54, 1.807) is 0 Å². The summed E-state index contributed by atoms with van der Waals surface area (Å²) in [5.74, 6) is 1.25. The highest BCUT2D eigenvalue weighted by Crippen LogP contribution is 2.18. The molecule has 0 aliphatic carbocycles. The van der Waals surface area contributed by atoms with Crippen molar-refractivity contribution in [3.63, 3.8) is 0 Å². The number of ether oxygens (including phenoxy) is 1. The first-order valence-corrected chi connectivity index (χ1v) is 7.03. The monoisotopic (exact) mass is 411 g/mol. The van der Waals surface area contributed by atoms with E-state index in [0.29, 0.717) is 19.1 Å². The summed E-state index contributed by atoms with van der Waals surface area (Å²) < 4.78 is 5.57. The summed E-state index contributed by atoms with van der Waals surface area (Å²) in [6, 6.07) is 15.9. The maximum Gasteiger partial charge on any atom is 0.193 e. The molecule has 0 atom stereocenters. The van der Waals surface area contributed by atoms with Gasteiger partial charge in [-0.05, 0) is 32.0 Å². The van der Waals surface area contributed by atoms with Crippen LogP contribution in [0.1, 0.15) is 18.1 Å². The molecule has 2 rings (SSSR count). The standard InChI is InChI=1S/C17H21N3O.HI/c1-3-21-16-7-5-4-6-14(16)12-19-17(18)20-15-10-8-13(2)9-11-15;/h4-11H,3,12H2,1-2H3,(H3,18,19,20);1H. The van der Waals surface area contributed by atoms with Crippen LogP contribution in [-0.2, 0) is 6.54 Å². The van der Waals surface area contributed by atoms with Gasteiger partial charge < -0.3 is 15.8 Å². The van der Waals surface area contributed by atoms with Crippen molar-refractivity contribution in [1.29, 1.82) is 0 Å². The number of guanidine groups is 1. The third-order valence-corrected chi connectivity index (χ3v) is 3.02. The maximum atomic E-state index is 5.91. The molecule has 3 N–H and O–H groups in total. The molecule has 0 unspecified atom stereocenters. The molecule has 22 heavy (non-hydrogen) atoms. The molecular formula is C17H22IN3O. The summed E-state index contributed by atoms with van der Waals surface area (Å²) in [5.41, 5.74) is 9.08. The number of rotatable bonds is 5. The van der Waals surface area contributed by atoms with E-state index in [4.69, 9.17) is 10.5 Å². The molecule has 0 saturated heterocycles. The van der Waals surface area contributed by atoms with Crippen molar-refractivity contribution in [2.45, 2.75) is 20.4 Å². The minimum Gasteiger partial charge on any atom is -0.494 e. The van der Waals surface area contributed by atoms with Gasteiger partial charge in [0.2, 0.25) is 0 Å². The van der Waals surface area contributed by atoms with Gasteiger partial charge in [0.25, 0.3) is 0 Å². The van der Waals surface area contributed by atoms with Crippen molar-refractivity contribution in [1.82, 2.24) is 0 Å². The zero-order valence-electron chi connectivity index (χ0n) is 12.9. The molecule has 2 aromatic carbocycles. The average Bonchev–Trinajstić information content (AvgIpc) is 2.49. The van der Waals surface area contributed by atoms with Crippen molar-refractivity contribution in [2.75, 3.05) is 11.9 Å². The summed E-state index contributed by atoms with van der Waals surface area (Å²) in [6.07, 6.45) is 0. The van der Waals surface area contributed by atoms with E-state index in [1.165, 1.54) is 5.56 Å². The molecule has 0 radical (unpaired) electrons. The lowest BCUT2D eigenvalue weighted by Gasteiger charge is -2.09. The van der Waals surface area contributed by atoms with Crippen LogP contribution >= 0.6 is 24.0 Å². The van der Waals surface area contributed by atoms with Gasteiger partial charge in [-0.3, -0.25) is 0 Å². The first-order valence-electron chi connectivity index (χ1n) is 7.03. The number of halogens is 1. The summed E-state index contributed by atoms with van der Waals surface area (Å²) in [5, 5.41) is 3.08. The number of hydrogen-bond donors (Lipinski definition) is 2. The molecule has 0 bridgehead atoms. The van der Waals surface area contributed by atoms with E-state index in [2.05, 4.69) is 10.3 Å². The smallest absolute Gasteiger partial charge is 0.193 e. The zero-order chi connectivity index (χ0) is 15.1. The Bertz CT molecular complexity index is 612. The number of para-hydroxylation sites is 1. The van der Waals surface area contributed by atoms with E-state index in [0.717, 1.165) is 17.0 Å². The summed E-state index contributed by atoms with van der Waals surface area (Å²) in [7, 11) is 0. The van der Waals surface area contributed by atoms with Crippen molar-refractivity contribution in [2.24, 2.45) is 10.7 Å². The highest BCUT2D eigenvalue weighted by atomic mass is 127. The maximum absolute atomic E-state index is 5.91. The molecule has 5 heteroatoms. The predicted molar refractivity (Wildman–Crippen MR) is 103 cm³/mol. The van der Waals surface area contributed by atoms with Gasteiger partial charge in [-0.25, -0.2) is 4.99 Å². The topological polar surface area (TPSA) is 59.6 Å². The molecule has 2 aromatic rings. The number of benzene rings is 2. The number of anilines is 1. The highest BCUT2D eigenvalue weighted by molar-refractivity contribution is 14.0. The molecule has 0 amide bonds. The van der Waals surface area contributed by atoms with Crippen LogP contribution in [0, 0.1) is 6.92 Å². The average molecular weight is 411 g/mol. The summed E-state index contributed by atoms with van der Waals surface area (Å²) in [6.45, 7) is 5.14. The van der Waals surface area contributed by atoms with Crippen LogP contribution in [0.25, 0.3) is 0 Å². The van der Waals surface area contributed by atoms with Crippen molar-refractivity contribution < 1.29 is 4.74 Å². The van der Waals surface area contributed by atoms with E-state index >= 15 is 0 Å². The van der Waals surface area contributed by atoms with E-state index < -0.39 is 0 Å². The Morgan fingerprint density at radius 3 is 2.50 bits per heavy atom. The van der Waals surface area contributed by atoms with Gasteiger partial charge in [0.15, 0.2) is 5.96 Å². The van der Waals surface area contributed by atoms with Crippen molar-refractivity contribution in [3.05, 3.63) is 59.7 Å². The third kappa shape index (κ3) is 5.55. The fourth-order valence-corrected chi connectivity index (χ4v) is 1.93. The normalized spacial score (nSPS) is 10.7. The van der Waals surface area contributed by atoms with Crippen LogP contribution < -0.4 is 15.8 Å². The lowest BCUT2D eigenvalue weighted by Crippen LogP contribution is -2.22. The fourth-order valence-electron chi connectivity index (χ4n) is 1.93. The Labute approximate surface area is 148 Å². The Hall–Kier alpha value is -1.76. The molecular weight excluding hydrogens is 389 g/mol. The second kappa shape index (κ2) is 9.30. The number of nitrogens with zero attached hydrogens (tertiary/aromatic N) is 1. The van der Waals surface area contributed by atoms with E-state index in [9.17, 15) is 0 Å². The zero-order valence-corrected chi connectivity index (χ0v) is 15.2. The molecule has 0 aliphatic rings. The molecule has 4 nitrogen and oxygen atoms in total. The van der Waals surface area contributed by atoms with Gasteiger partial charge in [0, 0.05) is 11.3 Å². The second-order valence-electron chi connectivity index (χ2n) is 4.73. The number of nitrogens with two attached hydrogens (primary N) is 1. The van der Waals surface area contributed by atoms with Crippen LogP contribution in [0.5, 0.6) is 5.75 Å². The number of aliphatic imine (C=N–C) groups is 1. The Morgan fingerprint density at radius 1 is 1.14 bits per heavy atom. The van der Waals surface area contributed by atoms with Gasteiger partial charge in [0.1, 0.15) is 5.75 Å². The molecule has 0 saturated carbocycles. The van der Waals surface area contributed by atoms with Crippen LogP contribution in [0.15, 0.2) is 53.5 Å². The molecule has 0 fully saturated rings. The summed E-state index contributed by atoms with van der Waals surface area (Å²) >= 11 is 0. The molecule has 0 heterocycles. The Morgan fingerprint density at radius 2 is 1.82 bits per heavy atom. The van der Waals surface area contributed by atoms with Gasteiger partial charge in [-0.1, -0.05) is 35.9 Å². The quantitative estimate of drug-likeness (QED) is 0.445. The Balaban J connectivity index is 0.00000242. The largest absolute Gasteiger partial charge is 0.494 e. The van der Waals surface area contributed by atoms with Crippen LogP contribution in [0.4, 0.5) is 5.69 Å². The van der Waals surface area contributed by atoms with E-state index in [-0.39, 0.29) is 24.0 Å². The minimum absolute atomic E-state index is 0. The fraction of sp³-hybridized carbons (Fsp3) is 0.235. The summed E-state index contributed by atoms with van der Waals surface area (Å²) in [4.78, 5) is 4.36. The SMILES string of the molecule is CCOc1ccccc1CN=C(N)Nc1ccc(C)cc1.I. The van der Waals surface area contributed by atoms with Crippen molar-refractivity contribution in [3.8, 4) is 5.75 Å². The van der Waals surface area contributed by atoms with Crippen LogP contribution in [0.3, 0.4) is 0 Å². The van der Waals surface area contributed by atoms with Gasteiger partial charge in [-0.15, -0.1) is 24.0 Å². The van der Waals surface area contributed by atoms with E-state index in [1.807, 2.05) is 62.4 Å². The molecule has 0 aliphatic heterocycles. The first-order chi connectivity index (χ1) is 10.2. The molecule has 118 valence electrons. The lowest BCUT2D eigenvalue weighted by atomic mass is 10.2. The van der Waals surface area contributed by atoms with Gasteiger partial charge in [-0.2, -0.15) is 0 Å². The number of nitrogens with one attached hydrogen (secondary N) is 1. The predicted octanol–water partition coefficient (Wildman–Crippen LogP) is 3.94. The first kappa shape index (κ1) is 18.3. The van der Waals surface area contributed by atoms with Crippen molar-refractivity contribution >= 4 is 35.6 Å². The lowest BCUT2D eigenvalue weighted by molar-refractivity contribution is 0.336. The molecule has 0 spiro atoms. The van der Waals surface area contributed by atoms with Crippen LogP contribution in [0.2, 0.25) is 0 Å². The molecule has 0 aromatic heterocycles. The highest BCUT2D eigenvalue weighted by Gasteiger charge is 2.02. The van der Waals surface area contributed by atoms with Crippen LogP contribution in [-0.4, -0.2) is 12.6 Å². The third-order valence-electron chi connectivity index (χ3n) is 3.02. The minimum atomic E-state index is 0. The Kier molecular flexibility index (Phi) is 7.73. The number of aryl methyl sites for hydroxylation is 1. The van der Waals surface area contributed by atoms with Gasteiger partial charge in [0.05, 0.1) is 13.2 Å².